The number of aromatic nitrogens is 1. The van der Waals surface area contributed by atoms with Crippen LogP contribution in [0, 0.1) is 0 Å². The number of methoxy groups -OCH3 is 3. The minimum Gasteiger partial charge on any atom is -0.497 e. The second-order valence-electron chi connectivity index (χ2n) is 9.91. The van der Waals surface area contributed by atoms with Gasteiger partial charge in [-0.25, -0.2) is 0 Å². The van der Waals surface area contributed by atoms with Crippen molar-refractivity contribution in [2.24, 2.45) is 0 Å². The lowest BCUT2D eigenvalue weighted by atomic mass is 10.1. The zero-order valence-corrected chi connectivity index (χ0v) is 25.7. The molecule has 0 aliphatic carbocycles. The lowest BCUT2D eigenvalue weighted by Gasteiger charge is -2.21. The summed E-state index contributed by atoms with van der Waals surface area (Å²) in [5.74, 6) is 2.37. The SMILES string of the molecule is COCCOc1cccc(CN(Cc2cccc(OCCOC)c2)c2nc(COCCOCc3cccc(OC)c3)co2)c1. The third-order valence-corrected chi connectivity index (χ3v) is 6.49. The van der Waals surface area contributed by atoms with E-state index < -0.39 is 0 Å². The maximum absolute atomic E-state index is 5.94. The number of rotatable bonds is 21. The molecule has 0 unspecified atom stereocenters. The highest BCUT2D eigenvalue weighted by Crippen LogP contribution is 2.24. The number of benzene rings is 3. The van der Waals surface area contributed by atoms with Gasteiger partial charge in [-0.05, 0) is 53.1 Å². The molecule has 4 rings (SSSR count). The molecule has 0 saturated heterocycles. The number of nitrogens with zero attached hydrogens (tertiary/aromatic N) is 2. The number of oxazole rings is 1. The van der Waals surface area contributed by atoms with E-state index in [0.29, 0.717) is 77.7 Å². The van der Waals surface area contributed by atoms with Gasteiger partial charge in [0.25, 0.3) is 6.01 Å². The molecule has 0 aliphatic rings. The Kier molecular flexibility index (Phi) is 13.8. The maximum Gasteiger partial charge on any atom is 0.298 e. The molecule has 0 spiro atoms. The van der Waals surface area contributed by atoms with Gasteiger partial charge in [0.15, 0.2) is 0 Å². The molecule has 0 amide bonds. The second-order valence-corrected chi connectivity index (χ2v) is 9.91. The molecule has 0 aliphatic heterocycles. The van der Waals surface area contributed by atoms with Gasteiger partial charge < -0.3 is 42.5 Å². The normalized spacial score (nSPS) is 11.0. The number of hydrogen-bond acceptors (Lipinski definition) is 10. The Hall–Kier alpha value is -4.09. The largest absolute Gasteiger partial charge is 0.497 e. The molecule has 1 heterocycles. The number of hydrogen-bond donors (Lipinski definition) is 0. The van der Waals surface area contributed by atoms with Crippen molar-refractivity contribution >= 4 is 6.01 Å². The zero-order valence-electron chi connectivity index (χ0n) is 25.7. The molecule has 0 saturated carbocycles. The van der Waals surface area contributed by atoms with Crippen LogP contribution in [0.3, 0.4) is 0 Å². The topological polar surface area (TPSA) is 93.9 Å². The molecular weight excluding hydrogens is 564 g/mol. The Bertz CT molecular complexity index is 1320. The average molecular weight is 607 g/mol. The Labute approximate surface area is 259 Å². The van der Waals surface area contributed by atoms with Crippen LogP contribution in [0.2, 0.25) is 0 Å². The summed E-state index contributed by atoms with van der Waals surface area (Å²) in [5, 5.41) is 0. The summed E-state index contributed by atoms with van der Waals surface area (Å²) in [6, 6.07) is 24.3. The van der Waals surface area contributed by atoms with Crippen LogP contribution in [0.1, 0.15) is 22.4 Å². The van der Waals surface area contributed by atoms with Crippen LogP contribution in [-0.4, -0.2) is 66.0 Å². The molecule has 3 aromatic carbocycles. The fraction of sp³-hybridized carbons (Fsp3) is 0.382. The minimum absolute atomic E-state index is 0.311. The quantitative estimate of drug-likeness (QED) is 0.110. The minimum atomic E-state index is 0.311. The van der Waals surface area contributed by atoms with Crippen LogP contribution in [-0.2, 0) is 45.3 Å². The highest BCUT2D eigenvalue weighted by molar-refractivity contribution is 5.37. The summed E-state index contributed by atoms with van der Waals surface area (Å²) in [4.78, 5) is 6.81. The highest BCUT2D eigenvalue weighted by Gasteiger charge is 2.16. The van der Waals surface area contributed by atoms with E-state index in [4.69, 9.17) is 42.6 Å². The van der Waals surface area contributed by atoms with E-state index in [9.17, 15) is 0 Å². The third-order valence-electron chi connectivity index (χ3n) is 6.49. The predicted molar refractivity (Wildman–Crippen MR) is 166 cm³/mol. The van der Waals surface area contributed by atoms with Gasteiger partial charge in [0.1, 0.15) is 42.4 Å². The van der Waals surface area contributed by atoms with E-state index >= 15 is 0 Å². The fourth-order valence-electron chi connectivity index (χ4n) is 4.34. The first-order chi connectivity index (χ1) is 21.7. The summed E-state index contributed by atoms with van der Waals surface area (Å²) in [7, 11) is 4.96. The zero-order chi connectivity index (χ0) is 30.8. The average Bonchev–Trinajstić information content (AvgIpc) is 3.52. The highest BCUT2D eigenvalue weighted by atomic mass is 16.5. The van der Waals surface area contributed by atoms with Crippen LogP contribution in [0.25, 0.3) is 0 Å². The Morgan fingerprint density at radius 2 is 1.16 bits per heavy atom. The fourth-order valence-corrected chi connectivity index (χ4v) is 4.34. The Balaban J connectivity index is 1.36. The number of anilines is 1. The smallest absolute Gasteiger partial charge is 0.298 e. The van der Waals surface area contributed by atoms with E-state index in [1.165, 1.54) is 0 Å². The van der Waals surface area contributed by atoms with Crippen LogP contribution in [0.4, 0.5) is 6.01 Å². The van der Waals surface area contributed by atoms with Crippen molar-refractivity contribution < 1.29 is 37.6 Å². The van der Waals surface area contributed by atoms with Crippen LogP contribution >= 0.6 is 0 Å². The van der Waals surface area contributed by atoms with Gasteiger partial charge in [-0.15, -0.1) is 0 Å². The molecule has 0 bridgehead atoms. The molecule has 0 atom stereocenters. The van der Waals surface area contributed by atoms with Gasteiger partial charge >= 0.3 is 0 Å². The van der Waals surface area contributed by atoms with Crippen molar-refractivity contribution in [3.05, 3.63) is 101 Å². The molecule has 10 heteroatoms. The Morgan fingerprint density at radius 1 is 0.614 bits per heavy atom. The van der Waals surface area contributed by atoms with Crippen molar-refractivity contribution in [3.8, 4) is 17.2 Å². The van der Waals surface area contributed by atoms with Crippen molar-refractivity contribution in [2.45, 2.75) is 26.3 Å². The summed E-state index contributed by atoms with van der Waals surface area (Å²) in [5.41, 5.74) is 3.85. The molecule has 4 aromatic rings. The van der Waals surface area contributed by atoms with Gasteiger partial charge in [0.2, 0.25) is 0 Å². The monoisotopic (exact) mass is 606 g/mol. The van der Waals surface area contributed by atoms with Crippen molar-refractivity contribution in [1.82, 2.24) is 4.98 Å². The lowest BCUT2D eigenvalue weighted by molar-refractivity contribution is 0.0328. The predicted octanol–water partition coefficient (Wildman–Crippen LogP) is 5.67. The molecule has 0 fully saturated rings. The van der Waals surface area contributed by atoms with E-state index in [2.05, 4.69) is 17.0 Å². The summed E-state index contributed by atoms with van der Waals surface area (Å²) < 4.78 is 44.6. The number of ether oxygens (including phenoxy) is 7. The molecule has 1 aromatic heterocycles. The van der Waals surface area contributed by atoms with Crippen molar-refractivity contribution in [1.29, 1.82) is 0 Å². The van der Waals surface area contributed by atoms with Crippen LogP contribution in [0.15, 0.2) is 83.5 Å². The van der Waals surface area contributed by atoms with Crippen LogP contribution < -0.4 is 19.1 Å². The Morgan fingerprint density at radius 3 is 1.75 bits per heavy atom. The maximum atomic E-state index is 5.94. The molecule has 0 N–H and O–H groups in total. The van der Waals surface area contributed by atoms with Gasteiger partial charge in [0.05, 0.1) is 46.8 Å². The van der Waals surface area contributed by atoms with E-state index in [-0.39, 0.29) is 0 Å². The summed E-state index contributed by atoms with van der Waals surface area (Å²) >= 11 is 0. The molecule has 0 radical (unpaired) electrons. The molecular formula is C34H42N2O8. The van der Waals surface area contributed by atoms with Crippen molar-refractivity contribution in [3.63, 3.8) is 0 Å². The van der Waals surface area contributed by atoms with E-state index in [0.717, 1.165) is 33.9 Å². The second kappa shape index (κ2) is 18.5. The lowest BCUT2D eigenvalue weighted by Crippen LogP contribution is -2.22. The summed E-state index contributed by atoms with van der Waals surface area (Å²) in [6.45, 7) is 4.80. The first-order valence-electron chi connectivity index (χ1n) is 14.6. The van der Waals surface area contributed by atoms with E-state index in [1.54, 1.807) is 27.6 Å². The summed E-state index contributed by atoms with van der Waals surface area (Å²) in [6.07, 6.45) is 1.63. The standard InChI is InChI=1S/C34H42N2O8/c1-37-13-17-42-32-11-4-7-27(19-32)22-36(23-28-8-5-12-33(20-28)43-18-14-38-2)34-35-30(26-44-34)25-41-16-15-40-24-29-9-6-10-31(21-29)39-3/h4-12,19-21,26H,13-18,22-25H2,1-3H3. The first kappa shape index (κ1) is 32.8. The van der Waals surface area contributed by atoms with Gasteiger partial charge in [-0.1, -0.05) is 36.4 Å². The first-order valence-corrected chi connectivity index (χ1v) is 14.6. The van der Waals surface area contributed by atoms with Gasteiger partial charge in [-0.3, -0.25) is 0 Å². The van der Waals surface area contributed by atoms with Crippen molar-refractivity contribution in [2.75, 3.05) is 65.9 Å². The van der Waals surface area contributed by atoms with E-state index in [1.807, 2.05) is 60.7 Å². The molecule has 236 valence electrons. The van der Waals surface area contributed by atoms with Crippen LogP contribution in [0.5, 0.6) is 17.2 Å². The van der Waals surface area contributed by atoms with Gasteiger partial charge in [-0.2, -0.15) is 4.98 Å². The molecule has 44 heavy (non-hydrogen) atoms. The third kappa shape index (κ3) is 11.2. The molecule has 10 nitrogen and oxygen atoms in total. The van der Waals surface area contributed by atoms with Gasteiger partial charge in [0, 0.05) is 27.3 Å².